The summed E-state index contributed by atoms with van der Waals surface area (Å²) in [5.74, 6) is -1.05. The summed E-state index contributed by atoms with van der Waals surface area (Å²) in [6, 6.07) is 0. The molecule has 12 heteroatoms. The minimum Gasteiger partial charge on any atom is -0.462 e. The monoisotopic (exact) mass is 835 g/mol. The van der Waals surface area contributed by atoms with Crippen LogP contribution < -0.4 is 0 Å². The van der Waals surface area contributed by atoms with Gasteiger partial charge in [-0.05, 0) is 77.0 Å². The number of hydrogen-bond acceptors (Lipinski definition) is 10. The number of esters is 2. The van der Waals surface area contributed by atoms with E-state index in [0.717, 1.165) is 83.5 Å². The lowest BCUT2D eigenvalue weighted by Gasteiger charge is -2.20. The molecule has 0 saturated carbocycles. The van der Waals surface area contributed by atoms with Gasteiger partial charge in [0.2, 0.25) is 0 Å². The third kappa shape index (κ3) is 34.0. The van der Waals surface area contributed by atoms with Crippen LogP contribution in [0.1, 0.15) is 142 Å². The molecule has 0 spiro atoms. The van der Waals surface area contributed by atoms with Crippen molar-refractivity contribution in [2.75, 3.05) is 26.4 Å². The van der Waals surface area contributed by atoms with E-state index in [-0.39, 0.29) is 19.4 Å². The Balaban J connectivity index is 2.32. The van der Waals surface area contributed by atoms with Crippen LogP contribution in [0.5, 0.6) is 0 Å². The molecule has 1 aliphatic heterocycles. The largest absolute Gasteiger partial charge is 0.472 e. The van der Waals surface area contributed by atoms with E-state index >= 15 is 0 Å². The van der Waals surface area contributed by atoms with Gasteiger partial charge >= 0.3 is 19.8 Å². The zero-order valence-electron chi connectivity index (χ0n) is 35.4. The number of phosphoric acid groups is 1. The molecule has 0 aromatic carbocycles. The average molecular weight is 835 g/mol. The fraction of sp³-hybridized carbons (Fsp3) is 0.652. The van der Waals surface area contributed by atoms with E-state index in [1.54, 1.807) is 0 Å². The van der Waals surface area contributed by atoms with Gasteiger partial charge in [0, 0.05) is 12.8 Å². The number of unbranched alkanes of at least 4 members (excludes halogenated alkanes) is 7. The van der Waals surface area contributed by atoms with Gasteiger partial charge < -0.3 is 29.3 Å². The quantitative estimate of drug-likeness (QED) is 0.0178. The van der Waals surface area contributed by atoms with Crippen LogP contribution in [0.3, 0.4) is 0 Å². The highest BCUT2D eigenvalue weighted by molar-refractivity contribution is 7.47. The van der Waals surface area contributed by atoms with Crippen molar-refractivity contribution in [3.63, 3.8) is 0 Å². The number of hydrogen-bond donors (Lipinski definition) is 3. The van der Waals surface area contributed by atoms with E-state index in [1.807, 2.05) is 12.2 Å². The van der Waals surface area contributed by atoms with Crippen molar-refractivity contribution in [3.8, 4) is 0 Å². The number of ether oxygens (including phenoxy) is 3. The topological polar surface area (TPSA) is 161 Å². The number of aliphatic hydroxyl groups is 2. The summed E-state index contributed by atoms with van der Waals surface area (Å²) in [4.78, 5) is 35.0. The van der Waals surface area contributed by atoms with Crippen molar-refractivity contribution in [2.24, 2.45) is 0 Å². The van der Waals surface area contributed by atoms with Gasteiger partial charge in [0.15, 0.2) is 6.10 Å². The summed E-state index contributed by atoms with van der Waals surface area (Å²) in [5.41, 5.74) is 0. The molecule has 1 aliphatic rings. The number of allylic oxidation sites excluding steroid dienone is 13. The average Bonchev–Trinajstić information content (AvgIpc) is 3.97. The Morgan fingerprint density at radius 1 is 0.638 bits per heavy atom. The maximum Gasteiger partial charge on any atom is 0.472 e. The van der Waals surface area contributed by atoms with E-state index in [0.29, 0.717) is 25.0 Å². The summed E-state index contributed by atoms with van der Waals surface area (Å²) < 4.78 is 38.4. The lowest BCUT2D eigenvalue weighted by atomic mass is 10.1. The van der Waals surface area contributed by atoms with Crippen LogP contribution in [-0.2, 0) is 37.4 Å². The Bertz CT molecular complexity index is 1300. The standard InChI is InChI=1S/C46H75O11P/c1-3-5-7-9-11-12-13-14-15-16-17-18-19-20-21-22-23-27-31-35-45(49)53-39-42(40-55-58(51,52)54-38-41(48)37-47)56-46(50)36-32-28-24-26-30-34-44-43(57-44)33-29-25-10-8-6-4-2/h5,7,11-12,14-15,17-18,20-21,23,25,27,29,41-44,47-48H,3-4,6,8-10,13,16,19,22,24,26,28,30-40H2,1-2H3,(H,51,52)/b7-5-,12-11-,15-14-,18-17-,21-20-,27-23-,29-25-/t41-,42+,43?,44?/m0/s1. The summed E-state index contributed by atoms with van der Waals surface area (Å²) in [5, 5.41) is 18.3. The second kappa shape index (κ2) is 37.1. The molecule has 1 rings (SSSR count). The molecule has 0 aliphatic carbocycles. The van der Waals surface area contributed by atoms with Crippen LogP contribution in [0.15, 0.2) is 85.1 Å². The number of rotatable bonds is 38. The highest BCUT2D eigenvalue weighted by atomic mass is 31.2. The number of epoxide rings is 1. The lowest BCUT2D eigenvalue weighted by Crippen LogP contribution is -2.29. The van der Waals surface area contributed by atoms with Crippen LogP contribution in [0.4, 0.5) is 0 Å². The van der Waals surface area contributed by atoms with Gasteiger partial charge in [-0.2, -0.15) is 0 Å². The number of carbonyl (C=O) groups excluding carboxylic acids is 2. The van der Waals surface area contributed by atoms with E-state index < -0.39 is 51.8 Å². The maximum atomic E-state index is 12.6. The molecule has 1 saturated heterocycles. The first-order valence-corrected chi connectivity index (χ1v) is 23.2. The molecule has 3 unspecified atom stereocenters. The van der Waals surface area contributed by atoms with Crippen LogP contribution >= 0.6 is 7.82 Å². The molecule has 0 aromatic rings. The first-order valence-electron chi connectivity index (χ1n) is 21.7. The van der Waals surface area contributed by atoms with Gasteiger partial charge in [0.25, 0.3) is 0 Å². The van der Waals surface area contributed by atoms with E-state index in [9.17, 15) is 24.2 Å². The molecule has 330 valence electrons. The first-order chi connectivity index (χ1) is 28.2. The molecule has 11 nitrogen and oxygen atoms in total. The number of phosphoric ester groups is 1. The normalized spacial score (nSPS) is 18.2. The number of aliphatic hydroxyl groups excluding tert-OH is 2. The highest BCUT2D eigenvalue weighted by Gasteiger charge is 2.36. The van der Waals surface area contributed by atoms with Crippen molar-refractivity contribution in [3.05, 3.63) is 85.1 Å². The summed E-state index contributed by atoms with van der Waals surface area (Å²) in [6.07, 6.45) is 45.8. The highest BCUT2D eigenvalue weighted by Crippen LogP contribution is 2.43. The molecule has 0 amide bonds. The molecule has 3 N–H and O–H groups in total. The van der Waals surface area contributed by atoms with Gasteiger partial charge in [-0.15, -0.1) is 0 Å². The Kier molecular flexibility index (Phi) is 34.0. The Hall–Kier alpha value is -2.89. The fourth-order valence-corrected chi connectivity index (χ4v) is 6.34. The second-order valence-electron chi connectivity index (χ2n) is 14.4. The van der Waals surface area contributed by atoms with E-state index in [1.165, 1.54) is 19.3 Å². The summed E-state index contributed by atoms with van der Waals surface area (Å²) in [6.45, 7) is 2.10. The summed E-state index contributed by atoms with van der Waals surface area (Å²) in [7, 11) is -4.65. The van der Waals surface area contributed by atoms with Crippen LogP contribution in [0.2, 0.25) is 0 Å². The predicted octanol–water partition coefficient (Wildman–Crippen LogP) is 10.4. The van der Waals surface area contributed by atoms with Crippen molar-refractivity contribution in [2.45, 2.75) is 167 Å². The molecule has 1 fully saturated rings. The van der Waals surface area contributed by atoms with Gasteiger partial charge in [0.05, 0.1) is 32.0 Å². The SMILES string of the molecule is CC/C=C\C/C=C\C/C=C\C/C=C\C/C=C\C/C=C\CCC(=O)OC[C@H](COP(=O)(O)OC[C@@H](O)CO)OC(=O)CCCCCCCC1OC1C/C=C\CCCCC. The van der Waals surface area contributed by atoms with Crippen molar-refractivity contribution < 1.29 is 52.5 Å². The van der Waals surface area contributed by atoms with Gasteiger partial charge in [0.1, 0.15) is 12.7 Å². The fourth-order valence-electron chi connectivity index (χ4n) is 5.55. The Morgan fingerprint density at radius 3 is 1.83 bits per heavy atom. The third-order valence-electron chi connectivity index (χ3n) is 8.97. The van der Waals surface area contributed by atoms with Crippen LogP contribution in [-0.4, -0.2) is 77.9 Å². The lowest BCUT2D eigenvalue weighted by molar-refractivity contribution is -0.161. The molecule has 5 atom stereocenters. The zero-order chi connectivity index (χ0) is 42.4. The van der Waals surface area contributed by atoms with E-state index in [2.05, 4.69) is 91.3 Å². The van der Waals surface area contributed by atoms with Crippen molar-refractivity contribution in [1.82, 2.24) is 0 Å². The molecular formula is C46H75O11P. The zero-order valence-corrected chi connectivity index (χ0v) is 36.3. The number of carbonyl (C=O) groups is 2. The molecule has 58 heavy (non-hydrogen) atoms. The van der Waals surface area contributed by atoms with E-state index in [4.69, 9.17) is 23.8 Å². The Morgan fingerprint density at radius 2 is 1.21 bits per heavy atom. The maximum absolute atomic E-state index is 12.6. The third-order valence-corrected chi connectivity index (χ3v) is 9.92. The summed E-state index contributed by atoms with van der Waals surface area (Å²) >= 11 is 0. The molecule has 0 radical (unpaired) electrons. The Labute approximate surface area is 349 Å². The van der Waals surface area contributed by atoms with Gasteiger partial charge in [-0.3, -0.25) is 18.6 Å². The predicted molar refractivity (Wildman–Crippen MR) is 232 cm³/mol. The van der Waals surface area contributed by atoms with Gasteiger partial charge in [-0.25, -0.2) is 4.57 Å². The molecule has 0 bridgehead atoms. The minimum atomic E-state index is -4.65. The second-order valence-corrected chi connectivity index (χ2v) is 15.8. The smallest absolute Gasteiger partial charge is 0.462 e. The molecular weight excluding hydrogens is 759 g/mol. The van der Waals surface area contributed by atoms with Crippen molar-refractivity contribution >= 4 is 19.8 Å². The van der Waals surface area contributed by atoms with Gasteiger partial charge in [-0.1, -0.05) is 137 Å². The van der Waals surface area contributed by atoms with Crippen molar-refractivity contribution in [1.29, 1.82) is 0 Å². The first kappa shape index (κ1) is 53.1. The molecule has 1 heterocycles. The molecule has 0 aromatic heterocycles. The van der Waals surface area contributed by atoms with Crippen LogP contribution in [0, 0.1) is 0 Å². The van der Waals surface area contributed by atoms with Crippen LogP contribution in [0.25, 0.3) is 0 Å². The minimum absolute atomic E-state index is 0.105.